The highest BCUT2D eigenvalue weighted by Crippen LogP contribution is 2.27. The van der Waals surface area contributed by atoms with Gasteiger partial charge in [0.1, 0.15) is 0 Å². The van der Waals surface area contributed by atoms with Gasteiger partial charge in [-0.2, -0.15) is 11.8 Å². The van der Waals surface area contributed by atoms with Crippen LogP contribution in [0.5, 0.6) is 0 Å². The van der Waals surface area contributed by atoms with Crippen LogP contribution in [0.3, 0.4) is 0 Å². The predicted octanol–water partition coefficient (Wildman–Crippen LogP) is 1.39. The summed E-state index contributed by atoms with van der Waals surface area (Å²) in [7, 11) is 0. The minimum Gasteiger partial charge on any atom is -0.353 e. The van der Waals surface area contributed by atoms with E-state index in [4.69, 9.17) is 0 Å². The third kappa shape index (κ3) is 3.39. The van der Waals surface area contributed by atoms with Crippen LogP contribution in [-0.2, 0) is 4.79 Å². The van der Waals surface area contributed by atoms with Gasteiger partial charge in [0.15, 0.2) is 0 Å². The second kappa shape index (κ2) is 5.92. The standard InChI is InChI=1S/C12H22N2OS/c1-16-11-4-2-3-10(6-11)14-12(15)5-9-7-13-8-9/h9-11,13H,2-8H2,1H3,(H,14,15). The van der Waals surface area contributed by atoms with Gasteiger partial charge in [0, 0.05) is 17.7 Å². The van der Waals surface area contributed by atoms with Gasteiger partial charge in [0.05, 0.1) is 0 Å². The first-order chi connectivity index (χ1) is 7.78. The Morgan fingerprint density at radius 2 is 2.25 bits per heavy atom. The average molecular weight is 242 g/mol. The number of nitrogens with one attached hydrogen (secondary N) is 2. The van der Waals surface area contributed by atoms with Crippen molar-refractivity contribution in [2.75, 3.05) is 19.3 Å². The van der Waals surface area contributed by atoms with Crippen LogP contribution in [0, 0.1) is 5.92 Å². The van der Waals surface area contributed by atoms with Crippen LogP contribution in [0.25, 0.3) is 0 Å². The molecule has 0 aromatic carbocycles. The number of carbonyl (C=O) groups is 1. The molecule has 2 fully saturated rings. The lowest BCUT2D eigenvalue weighted by atomic mass is 9.94. The maximum absolute atomic E-state index is 11.8. The number of rotatable bonds is 4. The number of hydrogen-bond acceptors (Lipinski definition) is 3. The molecule has 0 aromatic heterocycles. The summed E-state index contributed by atoms with van der Waals surface area (Å²) in [4.78, 5) is 11.8. The Morgan fingerprint density at radius 1 is 1.44 bits per heavy atom. The zero-order valence-electron chi connectivity index (χ0n) is 10.00. The molecule has 1 aliphatic heterocycles. The van der Waals surface area contributed by atoms with Crippen LogP contribution in [0.4, 0.5) is 0 Å². The maximum atomic E-state index is 11.8. The van der Waals surface area contributed by atoms with E-state index in [0.29, 0.717) is 18.4 Å². The van der Waals surface area contributed by atoms with Crippen LogP contribution in [-0.4, -0.2) is 36.5 Å². The highest BCUT2D eigenvalue weighted by atomic mass is 32.2. The van der Waals surface area contributed by atoms with Gasteiger partial charge in [-0.1, -0.05) is 6.42 Å². The van der Waals surface area contributed by atoms with E-state index in [1.165, 1.54) is 19.3 Å². The van der Waals surface area contributed by atoms with Crippen molar-refractivity contribution >= 4 is 17.7 Å². The van der Waals surface area contributed by atoms with E-state index in [1.807, 2.05) is 11.8 Å². The number of amides is 1. The summed E-state index contributed by atoms with van der Waals surface area (Å²) in [5.74, 6) is 0.846. The first-order valence-corrected chi connectivity index (χ1v) is 7.59. The molecule has 1 amide bonds. The molecular weight excluding hydrogens is 220 g/mol. The van der Waals surface area contributed by atoms with E-state index in [1.54, 1.807) is 0 Å². The molecular formula is C12H22N2OS. The average Bonchev–Trinajstić information content (AvgIpc) is 2.24. The fourth-order valence-electron chi connectivity index (χ4n) is 2.53. The van der Waals surface area contributed by atoms with Crippen molar-refractivity contribution in [2.24, 2.45) is 5.92 Å². The highest BCUT2D eigenvalue weighted by Gasteiger charge is 2.25. The first kappa shape index (κ1) is 12.2. The zero-order chi connectivity index (χ0) is 11.4. The molecule has 92 valence electrons. The van der Waals surface area contributed by atoms with Gasteiger partial charge in [-0.25, -0.2) is 0 Å². The van der Waals surface area contributed by atoms with Crippen molar-refractivity contribution < 1.29 is 4.79 Å². The van der Waals surface area contributed by atoms with E-state index in [0.717, 1.165) is 24.8 Å². The van der Waals surface area contributed by atoms with Gasteiger partial charge in [-0.3, -0.25) is 4.79 Å². The Bertz CT molecular complexity index is 243. The van der Waals surface area contributed by atoms with E-state index in [9.17, 15) is 4.79 Å². The molecule has 2 unspecified atom stereocenters. The third-order valence-corrected chi connectivity index (χ3v) is 4.76. The molecule has 1 saturated heterocycles. The Balaban J connectivity index is 1.68. The van der Waals surface area contributed by atoms with Crippen molar-refractivity contribution in [3.63, 3.8) is 0 Å². The molecule has 1 heterocycles. The maximum Gasteiger partial charge on any atom is 0.220 e. The monoisotopic (exact) mass is 242 g/mol. The van der Waals surface area contributed by atoms with E-state index >= 15 is 0 Å². The lowest BCUT2D eigenvalue weighted by Crippen LogP contribution is -2.46. The fourth-order valence-corrected chi connectivity index (χ4v) is 3.36. The van der Waals surface area contributed by atoms with Crippen molar-refractivity contribution in [1.29, 1.82) is 0 Å². The number of thioether (sulfide) groups is 1. The SMILES string of the molecule is CSC1CCCC(NC(=O)CC2CNC2)C1. The summed E-state index contributed by atoms with van der Waals surface area (Å²) < 4.78 is 0. The van der Waals surface area contributed by atoms with Gasteiger partial charge in [-0.15, -0.1) is 0 Å². The summed E-state index contributed by atoms with van der Waals surface area (Å²) in [6.07, 6.45) is 7.81. The quantitative estimate of drug-likeness (QED) is 0.783. The van der Waals surface area contributed by atoms with Gasteiger partial charge < -0.3 is 10.6 Å². The van der Waals surface area contributed by atoms with E-state index in [-0.39, 0.29) is 5.91 Å². The van der Waals surface area contributed by atoms with Crippen LogP contribution in [0.15, 0.2) is 0 Å². The predicted molar refractivity (Wildman–Crippen MR) is 68.7 cm³/mol. The highest BCUT2D eigenvalue weighted by molar-refractivity contribution is 7.99. The summed E-state index contributed by atoms with van der Waals surface area (Å²) in [5, 5.41) is 7.16. The summed E-state index contributed by atoms with van der Waals surface area (Å²) in [6.45, 7) is 2.04. The van der Waals surface area contributed by atoms with Crippen molar-refractivity contribution in [3.8, 4) is 0 Å². The number of hydrogen-bond donors (Lipinski definition) is 2. The van der Waals surface area contributed by atoms with E-state index in [2.05, 4.69) is 16.9 Å². The van der Waals surface area contributed by atoms with Gasteiger partial charge >= 0.3 is 0 Å². The van der Waals surface area contributed by atoms with Crippen molar-refractivity contribution in [1.82, 2.24) is 10.6 Å². The second-order valence-electron chi connectivity index (χ2n) is 5.02. The molecule has 2 aliphatic rings. The molecule has 0 radical (unpaired) electrons. The lowest BCUT2D eigenvalue weighted by molar-refractivity contribution is -0.123. The molecule has 0 aromatic rings. The molecule has 1 saturated carbocycles. The van der Waals surface area contributed by atoms with Crippen LogP contribution in [0.1, 0.15) is 32.1 Å². The molecule has 2 rings (SSSR count). The Morgan fingerprint density at radius 3 is 2.88 bits per heavy atom. The summed E-state index contributed by atoms with van der Waals surface area (Å²) >= 11 is 1.94. The third-order valence-electron chi connectivity index (χ3n) is 3.66. The van der Waals surface area contributed by atoms with Crippen molar-refractivity contribution in [3.05, 3.63) is 0 Å². The Hall–Kier alpha value is -0.220. The lowest BCUT2D eigenvalue weighted by Gasteiger charge is -2.30. The number of carbonyl (C=O) groups excluding carboxylic acids is 1. The fraction of sp³-hybridized carbons (Fsp3) is 0.917. The molecule has 2 atom stereocenters. The van der Waals surface area contributed by atoms with Gasteiger partial charge in [0.25, 0.3) is 0 Å². The molecule has 2 N–H and O–H groups in total. The smallest absolute Gasteiger partial charge is 0.220 e. The second-order valence-corrected chi connectivity index (χ2v) is 6.16. The minimum atomic E-state index is 0.262. The van der Waals surface area contributed by atoms with Crippen molar-refractivity contribution in [2.45, 2.75) is 43.4 Å². The topological polar surface area (TPSA) is 41.1 Å². The van der Waals surface area contributed by atoms with Crippen LogP contribution >= 0.6 is 11.8 Å². The van der Waals surface area contributed by atoms with Gasteiger partial charge in [0.2, 0.25) is 5.91 Å². The molecule has 0 spiro atoms. The van der Waals surface area contributed by atoms with Crippen LogP contribution < -0.4 is 10.6 Å². The molecule has 1 aliphatic carbocycles. The normalized spacial score (nSPS) is 30.8. The summed E-state index contributed by atoms with van der Waals surface area (Å²) in [5.41, 5.74) is 0. The first-order valence-electron chi connectivity index (χ1n) is 6.31. The molecule has 3 nitrogen and oxygen atoms in total. The largest absolute Gasteiger partial charge is 0.353 e. The molecule has 16 heavy (non-hydrogen) atoms. The Kier molecular flexibility index (Phi) is 4.53. The van der Waals surface area contributed by atoms with Gasteiger partial charge in [-0.05, 0) is 44.5 Å². The zero-order valence-corrected chi connectivity index (χ0v) is 10.8. The molecule has 0 bridgehead atoms. The summed E-state index contributed by atoms with van der Waals surface area (Å²) in [6, 6.07) is 0.437. The van der Waals surface area contributed by atoms with E-state index < -0.39 is 0 Å². The minimum absolute atomic E-state index is 0.262. The Labute approximate surface area is 102 Å². The van der Waals surface area contributed by atoms with Crippen LogP contribution in [0.2, 0.25) is 0 Å². The molecule has 4 heteroatoms.